The molecule has 0 aromatic carbocycles. The highest BCUT2D eigenvalue weighted by molar-refractivity contribution is 6.30. The first-order valence-corrected chi connectivity index (χ1v) is 11.6. The number of anilines is 1. The van der Waals surface area contributed by atoms with Crippen molar-refractivity contribution in [2.45, 2.75) is 43.4 Å². The van der Waals surface area contributed by atoms with Crippen molar-refractivity contribution in [3.8, 4) is 18.3 Å². The number of nitriles is 2. The molecule has 0 radical (unpaired) electrons. The zero-order chi connectivity index (χ0) is 23.9. The molecular weight excluding hydrogens is 466 g/mol. The van der Waals surface area contributed by atoms with Gasteiger partial charge >= 0.3 is 6.01 Å². The minimum Gasteiger partial charge on any atom is -0.461 e. The van der Waals surface area contributed by atoms with Crippen molar-refractivity contribution in [1.82, 2.24) is 24.8 Å². The standard InChI is InChI=1S/C22H23ClF2N8O/c23-19-17(25)18-16(9-28-19)20(31-6-7-32(13-27)15(11-31)2-4-26)30-21(29-18)34-12-22-3-1-5-33(22)10-14(24)8-22/h9,14-15H,1-3,5-8,10-12H2/t14-,15+,22+/m1/s1. The molecule has 5 rings (SSSR count). The van der Waals surface area contributed by atoms with Gasteiger partial charge in [0, 0.05) is 38.8 Å². The van der Waals surface area contributed by atoms with E-state index in [-0.39, 0.29) is 35.7 Å². The molecular formula is C22H23ClF2N8O. The van der Waals surface area contributed by atoms with Gasteiger partial charge in [-0.1, -0.05) is 11.6 Å². The predicted molar refractivity (Wildman–Crippen MR) is 119 cm³/mol. The number of pyridine rings is 1. The van der Waals surface area contributed by atoms with Crippen LogP contribution in [0.25, 0.3) is 10.9 Å². The molecule has 12 heteroatoms. The van der Waals surface area contributed by atoms with E-state index in [1.54, 1.807) is 4.90 Å². The lowest BCUT2D eigenvalue weighted by Crippen LogP contribution is -2.51. The number of rotatable bonds is 5. The van der Waals surface area contributed by atoms with Gasteiger partial charge in [0.1, 0.15) is 24.1 Å². The number of hydrogen-bond donors (Lipinski definition) is 0. The highest BCUT2D eigenvalue weighted by Crippen LogP contribution is 2.40. The highest BCUT2D eigenvalue weighted by atomic mass is 35.5. The Bertz CT molecular complexity index is 1190. The monoisotopic (exact) mass is 488 g/mol. The van der Waals surface area contributed by atoms with Crippen LogP contribution in [0.15, 0.2) is 6.20 Å². The van der Waals surface area contributed by atoms with Crippen molar-refractivity contribution in [2.75, 3.05) is 44.2 Å². The van der Waals surface area contributed by atoms with Crippen molar-refractivity contribution in [2.24, 2.45) is 0 Å². The second-order valence-electron chi connectivity index (χ2n) is 9.07. The fourth-order valence-electron chi connectivity index (χ4n) is 5.41. The van der Waals surface area contributed by atoms with Crippen LogP contribution in [0, 0.1) is 28.6 Å². The van der Waals surface area contributed by atoms with Crippen LogP contribution in [0.3, 0.4) is 0 Å². The topological polar surface area (TPSA) is 105 Å². The Labute approximate surface area is 200 Å². The molecule has 0 saturated carbocycles. The lowest BCUT2D eigenvalue weighted by molar-refractivity contribution is 0.107. The van der Waals surface area contributed by atoms with Gasteiger partial charge < -0.3 is 14.5 Å². The molecule has 0 spiro atoms. The van der Waals surface area contributed by atoms with Crippen LogP contribution in [0.4, 0.5) is 14.6 Å². The molecule has 3 saturated heterocycles. The molecule has 0 aliphatic carbocycles. The van der Waals surface area contributed by atoms with E-state index in [1.165, 1.54) is 6.20 Å². The Hall–Kier alpha value is -3.02. The molecule has 0 N–H and O–H groups in total. The summed E-state index contributed by atoms with van der Waals surface area (Å²) < 4.78 is 35.1. The maximum absolute atomic E-state index is 14.9. The summed E-state index contributed by atoms with van der Waals surface area (Å²) in [5, 5.41) is 18.6. The third-order valence-electron chi connectivity index (χ3n) is 7.07. The molecule has 0 amide bonds. The molecule has 178 valence electrons. The van der Waals surface area contributed by atoms with E-state index in [9.17, 15) is 19.3 Å². The third kappa shape index (κ3) is 3.93. The lowest BCUT2D eigenvalue weighted by Gasteiger charge is -2.38. The summed E-state index contributed by atoms with van der Waals surface area (Å²) in [6.45, 7) is 2.60. The Balaban J connectivity index is 1.49. The van der Waals surface area contributed by atoms with E-state index < -0.39 is 17.5 Å². The first-order valence-electron chi connectivity index (χ1n) is 11.3. The molecule has 2 aromatic rings. The van der Waals surface area contributed by atoms with E-state index >= 15 is 0 Å². The zero-order valence-electron chi connectivity index (χ0n) is 18.4. The molecule has 3 fully saturated rings. The Morgan fingerprint density at radius 1 is 1.24 bits per heavy atom. The largest absolute Gasteiger partial charge is 0.461 e. The van der Waals surface area contributed by atoms with Gasteiger partial charge in [-0.2, -0.15) is 20.5 Å². The van der Waals surface area contributed by atoms with E-state index in [2.05, 4.69) is 32.1 Å². The molecule has 34 heavy (non-hydrogen) atoms. The summed E-state index contributed by atoms with van der Waals surface area (Å²) in [7, 11) is 0. The van der Waals surface area contributed by atoms with Crippen LogP contribution in [-0.2, 0) is 0 Å². The van der Waals surface area contributed by atoms with Gasteiger partial charge in [-0.3, -0.25) is 4.90 Å². The van der Waals surface area contributed by atoms with Crippen LogP contribution >= 0.6 is 11.6 Å². The number of alkyl halides is 1. The third-order valence-corrected chi connectivity index (χ3v) is 7.33. The van der Waals surface area contributed by atoms with Crippen molar-refractivity contribution in [1.29, 1.82) is 10.5 Å². The van der Waals surface area contributed by atoms with Crippen LogP contribution < -0.4 is 9.64 Å². The second kappa shape index (κ2) is 8.97. The lowest BCUT2D eigenvalue weighted by atomic mass is 9.95. The fraction of sp³-hybridized carbons (Fsp3) is 0.591. The van der Waals surface area contributed by atoms with Gasteiger partial charge in [-0.25, -0.2) is 13.8 Å². The summed E-state index contributed by atoms with van der Waals surface area (Å²) in [5.74, 6) is -0.374. The average Bonchev–Trinajstić information content (AvgIpc) is 3.35. The highest BCUT2D eigenvalue weighted by Gasteiger charge is 2.49. The van der Waals surface area contributed by atoms with E-state index in [0.29, 0.717) is 43.8 Å². The minimum atomic E-state index is -0.896. The number of nitrogens with zero attached hydrogens (tertiary/aromatic N) is 8. The summed E-state index contributed by atoms with van der Waals surface area (Å²) in [5.41, 5.74) is -0.419. The van der Waals surface area contributed by atoms with Gasteiger partial charge in [0.15, 0.2) is 17.2 Å². The van der Waals surface area contributed by atoms with Crippen molar-refractivity contribution >= 4 is 28.3 Å². The van der Waals surface area contributed by atoms with E-state index in [1.807, 2.05) is 4.90 Å². The molecule has 5 heterocycles. The van der Waals surface area contributed by atoms with Crippen molar-refractivity contribution < 1.29 is 13.5 Å². The van der Waals surface area contributed by atoms with Crippen LogP contribution in [0.2, 0.25) is 5.15 Å². The van der Waals surface area contributed by atoms with E-state index in [0.717, 1.165) is 19.4 Å². The minimum absolute atomic E-state index is 0.0184. The molecule has 0 unspecified atom stereocenters. The first-order chi connectivity index (χ1) is 16.4. The maximum atomic E-state index is 14.9. The molecule has 2 aromatic heterocycles. The summed E-state index contributed by atoms with van der Waals surface area (Å²) in [4.78, 5) is 18.3. The van der Waals surface area contributed by atoms with Gasteiger partial charge in [0.2, 0.25) is 0 Å². The quantitative estimate of drug-likeness (QED) is 0.463. The Morgan fingerprint density at radius 2 is 2.09 bits per heavy atom. The molecule has 9 nitrogen and oxygen atoms in total. The van der Waals surface area contributed by atoms with Crippen LogP contribution in [-0.4, -0.2) is 81.8 Å². The van der Waals surface area contributed by atoms with Crippen molar-refractivity contribution in [3.63, 3.8) is 0 Å². The SMILES string of the molecule is N#CC[C@H]1CN(c2nc(OC[C@@]34CCCN3C[C@H](F)C4)nc3c(F)c(Cl)ncc23)CCN1C#N. The normalized spacial score (nSPS) is 27.0. The number of halogens is 3. The van der Waals surface area contributed by atoms with Crippen LogP contribution in [0.1, 0.15) is 25.7 Å². The number of ether oxygens (including phenoxy) is 1. The first kappa shape index (κ1) is 22.8. The average molecular weight is 489 g/mol. The maximum Gasteiger partial charge on any atom is 0.319 e. The number of aromatic nitrogens is 3. The van der Waals surface area contributed by atoms with Gasteiger partial charge in [0.25, 0.3) is 0 Å². The van der Waals surface area contributed by atoms with Crippen molar-refractivity contribution in [3.05, 3.63) is 17.2 Å². The number of piperazine rings is 1. The molecule has 0 bridgehead atoms. The Morgan fingerprint density at radius 3 is 2.88 bits per heavy atom. The second-order valence-corrected chi connectivity index (χ2v) is 9.43. The van der Waals surface area contributed by atoms with Gasteiger partial charge in [-0.15, -0.1) is 0 Å². The fourth-order valence-corrected chi connectivity index (χ4v) is 5.55. The zero-order valence-corrected chi connectivity index (χ0v) is 19.2. The summed E-state index contributed by atoms with van der Waals surface area (Å²) in [6, 6.07) is 1.77. The van der Waals surface area contributed by atoms with Gasteiger partial charge in [0.05, 0.1) is 29.5 Å². The van der Waals surface area contributed by atoms with Gasteiger partial charge in [-0.05, 0) is 19.4 Å². The molecule has 3 atom stereocenters. The van der Waals surface area contributed by atoms with E-state index in [4.69, 9.17) is 16.3 Å². The summed E-state index contributed by atoms with van der Waals surface area (Å²) >= 11 is 5.92. The number of fused-ring (bicyclic) bond motifs is 2. The predicted octanol–water partition coefficient (Wildman–Crippen LogP) is 2.66. The Kier molecular flexibility index (Phi) is 6.00. The summed E-state index contributed by atoms with van der Waals surface area (Å²) in [6.07, 6.45) is 5.00. The smallest absolute Gasteiger partial charge is 0.319 e. The molecule has 3 aliphatic rings. The van der Waals surface area contributed by atoms with Crippen LogP contribution in [0.5, 0.6) is 6.01 Å². The number of hydrogen-bond acceptors (Lipinski definition) is 9. The molecule has 3 aliphatic heterocycles.